The van der Waals surface area contributed by atoms with Gasteiger partial charge in [-0.15, -0.1) is 0 Å². The number of anilines is 3. The highest BCUT2D eigenvalue weighted by Crippen LogP contribution is 2.27. The summed E-state index contributed by atoms with van der Waals surface area (Å²) in [5, 5.41) is 11.7. The standard InChI is InChI=1S/C22H30N4O2/c1-17-6-2-3-7-20(17)25-11-13-26(14-12-25)21-9-8-18(16-19(21)23)22(28)24-10-4-5-15-27/h2-3,6-9,16,27H,4-5,10-15,23H2,1H3,(H,24,28). The second-order valence-corrected chi connectivity index (χ2v) is 7.22. The second-order valence-electron chi connectivity index (χ2n) is 7.22. The Morgan fingerprint density at radius 3 is 2.36 bits per heavy atom. The summed E-state index contributed by atoms with van der Waals surface area (Å²) in [4.78, 5) is 16.9. The number of hydrogen-bond acceptors (Lipinski definition) is 5. The van der Waals surface area contributed by atoms with Crippen molar-refractivity contribution in [1.82, 2.24) is 5.32 Å². The van der Waals surface area contributed by atoms with Gasteiger partial charge in [0.15, 0.2) is 0 Å². The zero-order chi connectivity index (χ0) is 19.9. The Hall–Kier alpha value is -2.73. The molecule has 0 spiro atoms. The van der Waals surface area contributed by atoms with E-state index in [-0.39, 0.29) is 12.5 Å². The molecule has 1 aliphatic rings. The number of nitrogens with two attached hydrogens (primary N) is 1. The van der Waals surface area contributed by atoms with Crippen molar-refractivity contribution in [3.63, 3.8) is 0 Å². The van der Waals surface area contributed by atoms with Gasteiger partial charge in [0.2, 0.25) is 0 Å². The maximum absolute atomic E-state index is 12.2. The highest BCUT2D eigenvalue weighted by molar-refractivity contribution is 5.96. The van der Waals surface area contributed by atoms with Crippen molar-refractivity contribution in [2.24, 2.45) is 0 Å². The molecule has 28 heavy (non-hydrogen) atoms. The molecular weight excluding hydrogens is 352 g/mol. The number of carbonyl (C=O) groups excluding carboxylic acids is 1. The molecule has 1 amide bonds. The number of unbranched alkanes of at least 4 members (excludes halogenated alkanes) is 1. The van der Waals surface area contributed by atoms with Crippen LogP contribution in [0.1, 0.15) is 28.8 Å². The summed E-state index contributed by atoms with van der Waals surface area (Å²) in [6, 6.07) is 14.0. The molecule has 0 atom stereocenters. The second kappa shape index (κ2) is 9.46. The van der Waals surface area contributed by atoms with Crippen molar-refractivity contribution in [3.8, 4) is 0 Å². The average molecular weight is 383 g/mol. The summed E-state index contributed by atoms with van der Waals surface area (Å²) >= 11 is 0. The largest absolute Gasteiger partial charge is 0.397 e. The lowest BCUT2D eigenvalue weighted by molar-refractivity contribution is 0.0952. The van der Waals surface area contributed by atoms with Crippen LogP contribution >= 0.6 is 0 Å². The van der Waals surface area contributed by atoms with E-state index >= 15 is 0 Å². The number of rotatable bonds is 7. The Morgan fingerprint density at radius 2 is 1.71 bits per heavy atom. The minimum absolute atomic E-state index is 0.124. The molecule has 1 saturated heterocycles. The van der Waals surface area contributed by atoms with Gasteiger partial charge in [-0.2, -0.15) is 0 Å². The van der Waals surface area contributed by atoms with Gasteiger partial charge in [-0.25, -0.2) is 0 Å². The number of nitrogens with zero attached hydrogens (tertiary/aromatic N) is 2. The van der Waals surface area contributed by atoms with Crippen molar-refractivity contribution in [3.05, 3.63) is 53.6 Å². The van der Waals surface area contributed by atoms with Crippen LogP contribution in [0.4, 0.5) is 17.1 Å². The van der Waals surface area contributed by atoms with Crippen LogP contribution in [0.5, 0.6) is 0 Å². The molecule has 0 unspecified atom stereocenters. The van der Waals surface area contributed by atoms with Gasteiger partial charge in [-0.05, 0) is 49.6 Å². The Kier molecular flexibility index (Phi) is 6.76. The summed E-state index contributed by atoms with van der Waals surface area (Å²) in [7, 11) is 0. The van der Waals surface area contributed by atoms with E-state index in [9.17, 15) is 4.79 Å². The molecule has 2 aromatic carbocycles. The number of hydrogen-bond donors (Lipinski definition) is 3. The average Bonchev–Trinajstić information content (AvgIpc) is 2.71. The SMILES string of the molecule is Cc1ccccc1N1CCN(c2ccc(C(=O)NCCCCO)cc2N)CC1. The first-order valence-corrected chi connectivity index (χ1v) is 9.94. The van der Waals surface area contributed by atoms with Crippen LogP contribution in [0.2, 0.25) is 0 Å². The molecule has 0 aromatic heterocycles. The number of aryl methyl sites for hydroxylation is 1. The summed E-state index contributed by atoms with van der Waals surface area (Å²) < 4.78 is 0. The molecule has 3 rings (SSSR count). The first-order valence-electron chi connectivity index (χ1n) is 9.94. The summed E-state index contributed by atoms with van der Waals surface area (Å²) in [5.74, 6) is -0.124. The van der Waals surface area contributed by atoms with Crippen molar-refractivity contribution >= 4 is 23.0 Å². The minimum atomic E-state index is -0.124. The van der Waals surface area contributed by atoms with E-state index in [1.54, 1.807) is 6.07 Å². The number of nitrogens with one attached hydrogen (secondary N) is 1. The molecule has 0 aliphatic carbocycles. The van der Waals surface area contributed by atoms with E-state index < -0.39 is 0 Å². The number of para-hydroxylation sites is 1. The van der Waals surface area contributed by atoms with Gasteiger partial charge in [-0.3, -0.25) is 4.79 Å². The maximum atomic E-state index is 12.2. The van der Waals surface area contributed by atoms with Crippen molar-refractivity contribution in [1.29, 1.82) is 0 Å². The van der Waals surface area contributed by atoms with Gasteiger partial charge >= 0.3 is 0 Å². The van der Waals surface area contributed by atoms with Crippen LogP contribution in [0, 0.1) is 6.92 Å². The van der Waals surface area contributed by atoms with Gasteiger partial charge in [0.05, 0.1) is 11.4 Å². The lowest BCUT2D eigenvalue weighted by Gasteiger charge is -2.38. The monoisotopic (exact) mass is 382 g/mol. The van der Waals surface area contributed by atoms with Crippen LogP contribution in [0.25, 0.3) is 0 Å². The zero-order valence-electron chi connectivity index (χ0n) is 16.5. The lowest BCUT2D eigenvalue weighted by atomic mass is 10.1. The maximum Gasteiger partial charge on any atom is 0.251 e. The third-order valence-electron chi connectivity index (χ3n) is 5.24. The molecule has 2 aromatic rings. The van der Waals surface area contributed by atoms with Gasteiger partial charge < -0.3 is 26.0 Å². The first kappa shape index (κ1) is 20.0. The molecule has 6 heteroatoms. The summed E-state index contributed by atoms with van der Waals surface area (Å²) in [6.45, 7) is 6.52. The Labute approximate surface area is 166 Å². The molecule has 4 N–H and O–H groups in total. The van der Waals surface area contributed by atoms with E-state index in [2.05, 4.69) is 46.3 Å². The number of aliphatic hydroxyl groups is 1. The molecule has 1 fully saturated rings. The van der Waals surface area contributed by atoms with E-state index in [1.807, 2.05) is 12.1 Å². The summed E-state index contributed by atoms with van der Waals surface area (Å²) in [5.41, 5.74) is 11.1. The Morgan fingerprint density at radius 1 is 1.04 bits per heavy atom. The number of piperazine rings is 1. The molecule has 1 heterocycles. The van der Waals surface area contributed by atoms with E-state index in [0.29, 0.717) is 24.2 Å². The molecule has 0 saturated carbocycles. The fraction of sp³-hybridized carbons (Fsp3) is 0.409. The number of nitrogen functional groups attached to an aromatic ring is 1. The fourth-order valence-corrected chi connectivity index (χ4v) is 3.63. The lowest BCUT2D eigenvalue weighted by Crippen LogP contribution is -2.47. The van der Waals surface area contributed by atoms with E-state index in [0.717, 1.165) is 38.3 Å². The Balaban J connectivity index is 1.59. The highest BCUT2D eigenvalue weighted by atomic mass is 16.3. The molecule has 6 nitrogen and oxygen atoms in total. The molecule has 0 bridgehead atoms. The highest BCUT2D eigenvalue weighted by Gasteiger charge is 2.20. The van der Waals surface area contributed by atoms with Gasteiger partial charge in [0, 0.05) is 50.6 Å². The van der Waals surface area contributed by atoms with E-state index in [4.69, 9.17) is 10.8 Å². The predicted octanol–water partition coefficient (Wildman–Crippen LogP) is 2.41. The number of amides is 1. The van der Waals surface area contributed by atoms with Crippen LogP contribution in [0.15, 0.2) is 42.5 Å². The van der Waals surface area contributed by atoms with Crippen LogP contribution in [0.3, 0.4) is 0 Å². The Bertz CT molecular complexity index is 801. The van der Waals surface area contributed by atoms with Crippen molar-refractivity contribution in [2.45, 2.75) is 19.8 Å². The van der Waals surface area contributed by atoms with Crippen LogP contribution in [-0.4, -0.2) is 50.3 Å². The zero-order valence-corrected chi connectivity index (χ0v) is 16.5. The van der Waals surface area contributed by atoms with Crippen LogP contribution in [-0.2, 0) is 0 Å². The van der Waals surface area contributed by atoms with Gasteiger partial charge in [-0.1, -0.05) is 18.2 Å². The van der Waals surface area contributed by atoms with Gasteiger partial charge in [0.1, 0.15) is 0 Å². The predicted molar refractivity (Wildman–Crippen MR) is 115 cm³/mol. The third kappa shape index (κ3) is 4.75. The molecule has 1 aliphatic heterocycles. The summed E-state index contributed by atoms with van der Waals surface area (Å²) in [6.07, 6.45) is 1.46. The van der Waals surface area contributed by atoms with Crippen molar-refractivity contribution < 1.29 is 9.90 Å². The van der Waals surface area contributed by atoms with Crippen LogP contribution < -0.4 is 20.9 Å². The smallest absolute Gasteiger partial charge is 0.251 e. The molecule has 0 radical (unpaired) electrons. The van der Waals surface area contributed by atoms with Gasteiger partial charge in [0.25, 0.3) is 5.91 Å². The molecule has 150 valence electrons. The topological polar surface area (TPSA) is 81.8 Å². The van der Waals surface area contributed by atoms with E-state index in [1.165, 1.54) is 11.3 Å². The number of aliphatic hydroxyl groups excluding tert-OH is 1. The fourth-order valence-electron chi connectivity index (χ4n) is 3.63. The third-order valence-corrected chi connectivity index (χ3v) is 5.24. The first-order chi connectivity index (χ1) is 13.6. The van der Waals surface area contributed by atoms with Crippen molar-refractivity contribution in [2.75, 3.05) is 54.9 Å². The minimum Gasteiger partial charge on any atom is -0.397 e. The quantitative estimate of drug-likeness (QED) is 0.506. The number of carbonyl (C=O) groups is 1. The normalized spacial score (nSPS) is 14.2. The molecular formula is C22H30N4O2. The number of benzene rings is 2.